The summed E-state index contributed by atoms with van der Waals surface area (Å²) < 4.78 is 0.172. The number of nitrogens with zero attached hydrogens (tertiary/aromatic N) is 1. The summed E-state index contributed by atoms with van der Waals surface area (Å²) in [6.07, 6.45) is 0. The molecule has 17 heavy (non-hydrogen) atoms. The highest BCUT2D eigenvalue weighted by Gasteiger charge is 2.14. The molecular formula is C9H7IN2O5. The number of halogens is 1. The van der Waals surface area contributed by atoms with Gasteiger partial charge in [0.1, 0.15) is 0 Å². The van der Waals surface area contributed by atoms with Crippen molar-refractivity contribution in [2.45, 2.75) is 0 Å². The molecule has 0 saturated carbocycles. The van der Waals surface area contributed by atoms with E-state index in [0.717, 1.165) is 12.1 Å². The first-order valence-electron chi connectivity index (χ1n) is 4.28. The van der Waals surface area contributed by atoms with E-state index in [-0.39, 0.29) is 16.0 Å². The Balaban J connectivity index is 3.16. The zero-order valence-electron chi connectivity index (χ0n) is 8.31. The first-order chi connectivity index (χ1) is 7.93. The zero-order valence-corrected chi connectivity index (χ0v) is 10.5. The lowest BCUT2D eigenvalue weighted by Crippen LogP contribution is -2.15. The minimum absolute atomic E-state index is 0.0940. The maximum absolute atomic E-state index is 11.1. The number of carboxylic acids is 2. The van der Waals surface area contributed by atoms with Gasteiger partial charge in [-0.25, -0.2) is 14.6 Å². The Hall–Kier alpha value is -1.71. The molecule has 7 nitrogen and oxygen atoms in total. The van der Waals surface area contributed by atoms with Gasteiger partial charge in [0, 0.05) is 5.69 Å². The summed E-state index contributed by atoms with van der Waals surface area (Å²) in [4.78, 5) is 36.0. The molecule has 0 bridgehead atoms. The minimum atomic E-state index is -1.36. The summed E-state index contributed by atoms with van der Waals surface area (Å²) in [6, 6.07) is 2.19. The number of carbonyl (C=O) groups is 3. The second kappa shape index (κ2) is 5.57. The van der Waals surface area contributed by atoms with E-state index in [1.807, 2.05) is 22.6 Å². The van der Waals surface area contributed by atoms with Gasteiger partial charge in [-0.1, -0.05) is 22.6 Å². The van der Waals surface area contributed by atoms with Crippen molar-refractivity contribution in [3.63, 3.8) is 0 Å². The van der Waals surface area contributed by atoms with Crippen molar-refractivity contribution in [2.75, 3.05) is 9.74 Å². The lowest BCUT2D eigenvalue weighted by Gasteiger charge is -2.05. The van der Waals surface area contributed by atoms with E-state index in [4.69, 9.17) is 10.2 Å². The predicted molar refractivity (Wildman–Crippen MR) is 65.7 cm³/mol. The van der Waals surface area contributed by atoms with Crippen LogP contribution in [0.15, 0.2) is 12.1 Å². The van der Waals surface area contributed by atoms with Gasteiger partial charge in [-0.15, -0.1) is 0 Å². The summed E-state index contributed by atoms with van der Waals surface area (Å²) in [5.74, 6) is -3.08. The average Bonchev–Trinajstić information content (AvgIpc) is 2.28. The van der Waals surface area contributed by atoms with E-state index in [0.29, 0.717) is 0 Å². The average molecular weight is 350 g/mol. The Kier molecular flexibility index (Phi) is 4.37. The summed E-state index contributed by atoms with van der Waals surface area (Å²) >= 11 is 1.82. The van der Waals surface area contributed by atoms with Gasteiger partial charge in [-0.3, -0.25) is 4.79 Å². The van der Waals surface area contributed by atoms with Crippen LogP contribution in [0.5, 0.6) is 0 Å². The van der Waals surface area contributed by atoms with Gasteiger partial charge in [0.15, 0.2) is 11.4 Å². The number of hydrogen-bond donors (Lipinski definition) is 3. The molecule has 3 N–H and O–H groups in total. The molecule has 1 aromatic rings. The van der Waals surface area contributed by atoms with Crippen LogP contribution in [0.25, 0.3) is 0 Å². The normalized spacial score (nSPS) is 9.71. The summed E-state index contributed by atoms with van der Waals surface area (Å²) in [5.41, 5.74) is -0.779. The number of anilines is 1. The molecule has 1 amide bonds. The molecule has 0 atom stereocenters. The molecule has 0 aliphatic heterocycles. The molecule has 0 radical (unpaired) electrons. The van der Waals surface area contributed by atoms with Gasteiger partial charge in [-0.2, -0.15) is 0 Å². The molecular weight excluding hydrogens is 343 g/mol. The number of pyridine rings is 1. The number of amides is 1. The lowest BCUT2D eigenvalue weighted by molar-refractivity contribution is -0.113. The van der Waals surface area contributed by atoms with Gasteiger partial charge >= 0.3 is 11.9 Å². The Labute approximate surface area is 109 Å². The fraction of sp³-hybridized carbons (Fsp3) is 0.111. The Morgan fingerprint density at radius 2 is 1.65 bits per heavy atom. The first kappa shape index (κ1) is 13.4. The second-order valence-corrected chi connectivity index (χ2v) is 3.68. The molecule has 1 heterocycles. The van der Waals surface area contributed by atoms with Crippen molar-refractivity contribution in [1.29, 1.82) is 0 Å². The highest BCUT2D eigenvalue weighted by molar-refractivity contribution is 14.1. The maximum Gasteiger partial charge on any atom is 0.354 e. The molecule has 0 fully saturated rings. The van der Waals surface area contributed by atoms with E-state index in [2.05, 4.69) is 10.3 Å². The van der Waals surface area contributed by atoms with Crippen molar-refractivity contribution in [1.82, 2.24) is 4.98 Å². The van der Waals surface area contributed by atoms with Gasteiger partial charge in [0.25, 0.3) is 0 Å². The number of rotatable bonds is 4. The van der Waals surface area contributed by atoms with Crippen LogP contribution in [0.3, 0.4) is 0 Å². The second-order valence-electron chi connectivity index (χ2n) is 2.92. The summed E-state index contributed by atoms with van der Waals surface area (Å²) in [5, 5.41) is 19.8. The minimum Gasteiger partial charge on any atom is -0.477 e. The number of carbonyl (C=O) groups excluding carboxylic acids is 1. The summed E-state index contributed by atoms with van der Waals surface area (Å²) in [7, 11) is 0. The molecule has 0 unspecified atom stereocenters. The molecule has 0 aromatic carbocycles. The van der Waals surface area contributed by atoms with E-state index in [9.17, 15) is 14.4 Å². The van der Waals surface area contributed by atoms with Crippen molar-refractivity contribution in [3.05, 3.63) is 23.5 Å². The molecule has 0 saturated heterocycles. The topological polar surface area (TPSA) is 117 Å². The van der Waals surface area contributed by atoms with E-state index >= 15 is 0 Å². The highest BCUT2D eigenvalue weighted by atomic mass is 127. The third kappa shape index (κ3) is 3.66. The van der Waals surface area contributed by atoms with Crippen LogP contribution in [-0.2, 0) is 4.79 Å². The standard InChI is InChI=1S/C9H7IN2O5/c10-3-7(13)11-4-1-5(8(14)15)12-6(2-4)9(16)17/h1-2H,3H2,(H,14,15)(H,16,17)(H,11,12,13). The highest BCUT2D eigenvalue weighted by Crippen LogP contribution is 2.12. The SMILES string of the molecule is O=C(CI)Nc1cc(C(=O)O)nc(C(=O)O)c1. The Morgan fingerprint density at radius 3 is 2.00 bits per heavy atom. The van der Waals surface area contributed by atoms with E-state index in [1.54, 1.807) is 0 Å². The third-order valence-electron chi connectivity index (χ3n) is 1.67. The lowest BCUT2D eigenvalue weighted by atomic mass is 10.2. The zero-order chi connectivity index (χ0) is 13.0. The van der Waals surface area contributed by atoms with Crippen molar-refractivity contribution in [3.8, 4) is 0 Å². The molecule has 0 aliphatic carbocycles. The predicted octanol–water partition coefficient (Wildman–Crippen LogP) is 0.851. The number of hydrogen-bond acceptors (Lipinski definition) is 4. The molecule has 1 aromatic heterocycles. The van der Waals surface area contributed by atoms with E-state index < -0.39 is 23.3 Å². The monoisotopic (exact) mass is 350 g/mol. The first-order valence-corrected chi connectivity index (χ1v) is 5.81. The van der Waals surface area contributed by atoms with Crippen molar-refractivity contribution >= 4 is 46.1 Å². The van der Waals surface area contributed by atoms with Gasteiger partial charge in [0.05, 0.1) is 4.43 Å². The van der Waals surface area contributed by atoms with Crippen LogP contribution in [0.1, 0.15) is 21.0 Å². The van der Waals surface area contributed by atoms with E-state index in [1.165, 1.54) is 0 Å². The van der Waals surface area contributed by atoms with Crippen LogP contribution < -0.4 is 5.32 Å². The molecule has 90 valence electrons. The Morgan fingerprint density at radius 1 is 1.18 bits per heavy atom. The quantitative estimate of drug-likeness (QED) is 0.548. The largest absolute Gasteiger partial charge is 0.477 e. The van der Waals surface area contributed by atoms with Gasteiger partial charge in [0.2, 0.25) is 5.91 Å². The van der Waals surface area contributed by atoms with Crippen LogP contribution >= 0.6 is 22.6 Å². The fourth-order valence-corrected chi connectivity index (χ4v) is 1.21. The van der Waals surface area contributed by atoms with Crippen molar-refractivity contribution < 1.29 is 24.6 Å². The number of aromatic carboxylic acids is 2. The number of carboxylic acid groups (broad SMARTS) is 2. The van der Waals surface area contributed by atoms with Crippen LogP contribution in [0.4, 0.5) is 5.69 Å². The number of aromatic nitrogens is 1. The van der Waals surface area contributed by atoms with Gasteiger partial charge < -0.3 is 15.5 Å². The molecule has 8 heteroatoms. The van der Waals surface area contributed by atoms with Crippen molar-refractivity contribution in [2.24, 2.45) is 0 Å². The fourth-order valence-electron chi connectivity index (χ4n) is 1.02. The van der Waals surface area contributed by atoms with Crippen LogP contribution in [-0.4, -0.2) is 37.5 Å². The summed E-state index contributed by atoms with van der Waals surface area (Å²) in [6.45, 7) is 0. The smallest absolute Gasteiger partial charge is 0.354 e. The number of nitrogens with one attached hydrogen (secondary N) is 1. The van der Waals surface area contributed by atoms with Gasteiger partial charge in [-0.05, 0) is 12.1 Å². The third-order valence-corrected chi connectivity index (χ3v) is 2.36. The Bertz CT molecular complexity index is 456. The van der Waals surface area contributed by atoms with Crippen LogP contribution in [0.2, 0.25) is 0 Å². The molecule has 1 rings (SSSR count). The maximum atomic E-state index is 11.1. The number of alkyl halides is 1. The van der Waals surface area contributed by atoms with Crippen LogP contribution in [0, 0.1) is 0 Å². The molecule has 0 aliphatic rings. The molecule has 0 spiro atoms.